The van der Waals surface area contributed by atoms with Gasteiger partial charge in [0.25, 0.3) is 5.28 Å². The number of rotatable bonds is 16. The second kappa shape index (κ2) is 18.6. The van der Waals surface area contributed by atoms with Crippen LogP contribution in [-0.2, 0) is 23.6 Å². The van der Waals surface area contributed by atoms with E-state index < -0.39 is 54.8 Å². The molecular weight excluding hydrogens is 869 g/mol. The molecule has 4 N–H and O–H groups in total. The van der Waals surface area contributed by atoms with Crippen molar-refractivity contribution in [2.24, 2.45) is 23.2 Å². The molecule has 5 aliphatic rings. The van der Waals surface area contributed by atoms with Gasteiger partial charge in [0.2, 0.25) is 11.8 Å². The molecule has 63 heavy (non-hydrogen) atoms. The summed E-state index contributed by atoms with van der Waals surface area (Å²) < 4.78 is 37.0. The number of anilines is 1. The number of thiazole rings is 1. The number of carbonyl (C=O) groups excluding carboxylic acids is 3. The summed E-state index contributed by atoms with van der Waals surface area (Å²) in [4.78, 5) is 66.4. The van der Waals surface area contributed by atoms with E-state index in [1.165, 1.54) is 22.7 Å². The van der Waals surface area contributed by atoms with E-state index in [2.05, 4.69) is 20.9 Å². The Morgan fingerprint density at radius 1 is 1.06 bits per heavy atom. The molecule has 2 saturated heterocycles. The zero-order valence-electron chi connectivity index (χ0n) is 36.9. The maximum atomic E-state index is 14.8. The lowest BCUT2D eigenvalue weighted by Crippen LogP contribution is -2.58. The molecule has 342 valence electrons. The third-order valence-electron chi connectivity index (χ3n) is 13.0. The van der Waals surface area contributed by atoms with E-state index in [1.54, 1.807) is 12.1 Å². The van der Waals surface area contributed by atoms with Crippen molar-refractivity contribution in [1.29, 1.82) is 0 Å². The quantitative estimate of drug-likeness (QED) is 0.110. The van der Waals surface area contributed by atoms with Gasteiger partial charge in [-0.1, -0.05) is 39.3 Å². The smallest absolute Gasteiger partial charge is 0.491 e. The molecule has 3 saturated carbocycles. The molecule has 9 atom stereocenters. The first-order valence-electron chi connectivity index (χ1n) is 22.2. The minimum absolute atomic E-state index is 0.0174. The molecule has 1 aromatic carbocycles. The average molecular weight is 929 g/mol. The summed E-state index contributed by atoms with van der Waals surface area (Å²) in [5.41, 5.74) is 0.757. The van der Waals surface area contributed by atoms with Gasteiger partial charge in [0.1, 0.15) is 53.1 Å². The molecular formula is C44H60ClN7O9PS+. The van der Waals surface area contributed by atoms with Crippen LogP contribution in [-0.4, -0.2) is 124 Å². The summed E-state index contributed by atoms with van der Waals surface area (Å²) in [7, 11) is -2.75. The highest BCUT2D eigenvalue weighted by Gasteiger charge is 2.70. The minimum Gasteiger partial charge on any atom is -0.491 e. The van der Waals surface area contributed by atoms with Gasteiger partial charge in [0, 0.05) is 61.3 Å². The third kappa shape index (κ3) is 10.2. The van der Waals surface area contributed by atoms with Gasteiger partial charge in [-0.05, 0) is 73.5 Å². The van der Waals surface area contributed by atoms with E-state index in [-0.39, 0.29) is 31.0 Å². The van der Waals surface area contributed by atoms with Gasteiger partial charge in [-0.2, -0.15) is 4.89 Å². The highest BCUT2D eigenvalue weighted by molar-refractivity contribution is 7.40. The van der Waals surface area contributed by atoms with Crippen molar-refractivity contribution in [1.82, 2.24) is 30.4 Å². The number of halogens is 1. The number of hydrogen-bond acceptors (Lipinski definition) is 13. The van der Waals surface area contributed by atoms with Crippen LogP contribution in [0, 0.1) is 23.2 Å². The highest BCUT2D eigenvalue weighted by atomic mass is 35.5. The molecule has 16 nitrogen and oxygen atoms in total. The second-order valence-corrected chi connectivity index (χ2v) is 21.7. The summed E-state index contributed by atoms with van der Waals surface area (Å²) >= 11 is 8.56. The summed E-state index contributed by atoms with van der Waals surface area (Å²) in [6, 6.07) is 3.43. The van der Waals surface area contributed by atoms with Gasteiger partial charge in [0.05, 0.1) is 31.0 Å². The number of benzene rings is 1. The molecule has 3 aliphatic carbocycles. The number of fused-ring (bicyclic) bond motifs is 2. The van der Waals surface area contributed by atoms with Gasteiger partial charge in [-0.25, -0.2) is 14.8 Å². The number of nitrogens with one attached hydrogen (secondary N) is 3. The lowest BCUT2D eigenvalue weighted by molar-refractivity contribution is -0.142. The Kier molecular flexibility index (Phi) is 13.5. The summed E-state index contributed by atoms with van der Waals surface area (Å²) in [5.74, 6) is 0.868. The molecule has 2 unspecified atom stereocenters. The fraction of sp³-hybridized carbons (Fsp3) is 0.659. The number of aromatic nitrogens is 2. The molecule has 0 radical (unpaired) electrons. The second-order valence-electron chi connectivity index (χ2n) is 19.1. The topological polar surface area (TPSA) is 194 Å². The van der Waals surface area contributed by atoms with E-state index in [0.29, 0.717) is 89.9 Å². The Hall–Kier alpha value is -3.86. The van der Waals surface area contributed by atoms with Crippen LogP contribution < -0.4 is 25.4 Å². The van der Waals surface area contributed by atoms with E-state index in [4.69, 9.17) is 40.5 Å². The van der Waals surface area contributed by atoms with Crippen molar-refractivity contribution in [3.8, 4) is 22.9 Å². The van der Waals surface area contributed by atoms with Gasteiger partial charge >= 0.3 is 14.1 Å². The predicted octanol–water partition coefficient (Wildman–Crippen LogP) is 6.81. The summed E-state index contributed by atoms with van der Waals surface area (Å²) in [6.07, 6.45) is 2.27. The van der Waals surface area contributed by atoms with Gasteiger partial charge in [-0.15, -0.1) is 11.3 Å². The highest BCUT2D eigenvalue weighted by Crippen LogP contribution is 2.59. The Bertz CT molecular complexity index is 2210. The van der Waals surface area contributed by atoms with Gasteiger partial charge < -0.3 is 39.8 Å². The number of amides is 3. The number of morpholine rings is 1. The Morgan fingerprint density at radius 2 is 1.81 bits per heavy atom. The molecule has 3 aromatic rings. The van der Waals surface area contributed by atoms with Crippen LogP contribution in [0.3, 0.4) is 0 Å². The molecule has 5 fully saturated rings. The number of carbonyl (C=O) groups is 3. The maximum absolute atomic E-state index is 14.8. The predicted molar refractivity (Wildman–Crippen MR) is 240 cm³/mol. The Balaban J connectivity index is 1.09. The molecule has 3 amide bonds. The molecule has 2 aromatic heterocycles. The van der Waals surface area contributed by atoms with Gasteiger partial charge in [0.15, 0.2) is 5.13 Å². The van der Waals surface area contributed by atoms with E-state index in [9.17, 15) is 23.8 Å². The molecule has 19 heteroatoms. The maximum Gasteiger partial charge on any atom is 0.534 e. The number of ether oxygens (including phenoxy) is 4. The van der Waals surface area contributed by atoms with Crippen LogP contribution in [0.2, 0.25) is 5.02 Å². The third-order valence-corrected chi connectivity index (χ3v) is 15.5. The van der Waals surface area contributed by atoms with E-state index in [0.717, 1.165) is 31.1 Å². The van der Waals surface area contributed by atoms with Crippen LogP contribution in [0.15, 0.2) is 23.6 Å². The van der Waals surface area contributed by atoms with Crippen molar-refractivity contribution in [2.75, 3.05) is 51.3 Å². The Labute approximate surface area is 378 Å². The van der Waals surface area contributed by atoms with Crippen LogP contribution in [0.4, 0.5) is 9.93 Å². The molecule has 4 heterocycles. The first-order chi connectivity index (χ1) is 30.0. The van der Waals surface area contributed by atoms with Crippen LogP contribution >= 0.6 is 31.0 Å². The lowest BCUT2D eigenvalue weighted by atomic mass is 9.85. The number of alkyl carbamates (subject to hydrolysis) is 1. The molecule has 8 rings (SSSR count). The van der Waals surface area contributed by atoms with Crippen LogP contribution in [0.25, 0.3) is 22.3 Å². The molecule has 0 bridgehead atoms. The summed E-state index contributed by atoms with van der Waals surface area (Å²) in [5, 5.41) is 11.3. The standard InChI is InChI=1S/C44H59ClN7O9PS/c1-7-27-21-44(27,62(56)57)50-39(53)33-19-29(22-52(33)40(54)38(43(4,5)6)49-42(55)61-28-17-25-16-26(25)18-28)60-35-20-31(32-23-63-41(48-32)46-24(2)3)47-37-30(35)8-9-34(36(37)45)59-15-12-51-10-13-58-14-11-51/h8-9,20,23-29,33,38H,7,10-19,21-22H2,1-6H3,(H3-,46,48,49,50,53,55,56,57)/p+1/t25-,26+,27-,28?,29-,33+,38-,44+/m1/s1. The number of likely N-dealkylation sites (tertiary alicyclic amines) is 1. The van der Waals surface area contributed by atoms with Gasteiger partial charge in [-0.3, -0.25) is 14.5 Å². The van der Waals surface area contributed by atoms with Crippen LogP contribution in [0.1, 0.15) is 80.1 Å². The molecule has 2 aliphatic heterocycles. The van der Waals surface area contributed by atoms with Crippen molar-refractivity contribution in [3.05, 3.63) is 28.6 Å². The van der Waals surface area contributed by atoms with Crippen molar-refractivity contribution in [2.45, 2.75) is 116 Å². The number of pyridine rings is 1. The average Bonchev–Trinajstić information content (AvgIpc) is 3.91. The van der Waals surface area contributed by atoms with Crippen molar-refractivity contribution in [3.63, 3.8) is 0 Å². The monoisotopic (exact) mass is 928 g/mol. The van der Waals surface area contributed by atoms with Crippen molar-refractivity contribution < 1.29 is 42.8 Å². The zero-order chi connectivity index (χ0) is 44.8. The number of hydrogen-bond donors (Lipinski definition) is 4. The minimum atomic E-state index is -2.75. The SMILES string of the molecule is CC[C@@H]1C[C@]1(NC(=O)[C@@H]1C[C@@H](Oc2cc(-c3csc(NC(C)C)n3)nc3c(Cl)c(OCCN4CCOCC4)ccc23)CN1C(=O)[C@@H](NC(=O)OC1C[C@@H]2C[C@@H]2C1)C(C)(C)C)[P+](=O)O. The first-order valence-corrected chi connectivity index (χ1v) is 24.7. The summed E-state index contributed by atoms with van der Waals surface area (Å²) in [6.45, 7) is 15.6. The zero-order valence-corrected chi connectivity index (χ0v) is 39.3. The van der Waals surface area contributed by atoms with E-state index in [1.807, 2.05) is 53.0 Å². The fourth-order valence-corrected chi connectivity index (χ4v) is 11.5. The first kappa shape index (κ1) is 45.7. The number of nitrogens with zero attached hydrogens (tertiary/aromatic N) is 4. The molecule has 0 spiro atoms. The van der Waals surface area contributed by atoms with Crippen LogP contribution in [0.5, 0.6) is 11.5 Å². The Morgan fingerprint density at radius 3 is 2.48 bits per heavy atom. The normalized spacial score (nSPS) is 27.4. The lowest BCUT2D eigenvalue weighted by Gasteiger charge is -2.35. The largest absolute Gasteiger partial charge is 0.534 e. The van der Waals surface area contributed by atoms with Crippen molar-refractivity contribution >= 4 is 64.9 Å². The fourth-order valence-electron chi connectivity index (χ4n) is 9.32. The van der Waals surface area contributed by atoms with E-state index >= 15 is 0 Å².